The van der Waals surface area contributed by atoms with Crippen LogP contribution < -0.4 is 5.73 Å². The van der Waals surface area contributed by atoms with E-state index in [2.05, 4.69) is 47.0 Å². The summed E-state index contributed by atoms with van der Waals surface area (Å²) in [5.41, 5.74) is 7.78. The molecule has 0 atom stereocenters. The molecule has 0 fully saturated rings. The van der Waals surface area contributed by atoms with E-state index in [0.717, 1.165) is 14.5 Å². The van der Waals surface area contributed by atoms with Crippen LogP contribution in [-0.4, -0.2) is 15.1 Å². The first-order chi connectivity index (χ1) is 9.65. The van der Waals surface area contributed by atoms with Crippen molar-refractivity contribution in [2.75, 3.05) is 5.73 Å². The summed E-state index contributed by atoms with van der Waals surface area (Å²) in [6, 6.07) is 9.10. The van der Waals surface area contributed by atoms with Crippen molar-refractivity contribution < 1.29 is 4.52 Å². The highest BCUT2D eigenvalue weighted by Crippen LogP contribution is 2.31. The third-order valence-corrected chi connectivity index (χ3v) is 3.95. The molecule has 2 N–H and O–H groups in total. The fraction of sp³-hybridized carbons (Fsp3) is 0. The monoisotopic (exact) mass is 394 g/mol. The molecule has 7 heteroatoms. The average molecular weight is 396 g/mol. The summed E-state index contributed by atoms with van der Waals surface area (Å²) in [7, 11) is 0. The molecular weight excluding hydrogens is 388 g/mol. The number of benzene rings is 1. The molecular formula is C13H8Br2N4O. The van der Waals surface area contributed by atoms with Crippen molar-refractivity contribution in [2.24, 2.45) is 0 Å². The van der Waals surface area contributed by atoms with Gasteiger partial charge in [0.05, 0.1) is 5.56 Å². The van der Waals surface area contributed by atoms with E-state index >= 15 is 0 Å². The lowest BCUT2D eigenvalue weighted by molar-refractivity contribution is 0.432. The molecule has 5 nitrogen and oxygen atoms in total. The van der Waals surface area contributed by atoms with Crippen LogP contribution in [0.3, 0.4) is 0 Å². The van der Waals surface area contributed by atoms with Crippen molar-refractivity contribution in [3.63, 3.8) is 0 Å². The third-order valence-electron chi connectivity index (χ3n) is 2.62. The largest absolute Gasteiger partial charge is 0.399 e. The fourth-order valence-corrected chi connectivity index (χ4v) is 2.53. The number of nitrogens with zero attached hydrogens (tertiary/aromatic N) is 3. The zero-order chi connectivity index (χ0) is 14.1. The second-order valence-corrected chi connectivity index (χ2v) is 5.70. The number of hydrogen-bond acceptors (Lipinski definition) is 5. The molecule has 0 spiro atoms. The van der Waals surface area contributed by atoms with Crippen LogP contribution in [0.5, 0.6) is 0 Å². The first-order valence-electron chi connectivity index (χ1n) is 5.65. The van der Waals surface area contributed by atoms with Crippen LogP contribution in [0.4, 0.5) is 5.69 Å². The Morgan fingerprint density at radius 1 is 1.10 bits per heavy atom. The first-order valence-corrected chi connectivity index (χ1v) is 7.24. The molecule has 100 valence electrons. The van der Waals surface area contributed by atoms with Crippen LogP contribution in [0.2, 0.25) is 0 Å². The third kappa shape index (κ3) is 2.46. The molecule has 0 saturated carbocycles. The predicted molar refractivity (Wildman–Crippen MR) is 82.8 cm³/mol. The fourth-order valence-electron chi connectivity index (χ4n) is 1.69. The number of hydrogen-bond donors (Lipinski definition) is 1. The highest BCUT2D eigenvalue weighted by Gasteiger charge is 2.15. The van der Waals surface area contributed by atoms with Crippen LogP contribution in [0, 0.1) is 0 Å². The molecule has 0 radical (unpaired) electrons. The van der Waals surface area contributed by atoms with Crippen molar-refractivity contribution in [2.45, 2.75) is 0 Å². The van der Waals surface area contributed by atoms with Crippen molar-refractivity contribution >= 4 is 37.5 Å². The summed E-state index contributed by atoms with van der Waals surface area (Å²) in [4.78, 5) is 8.58. The van der Waals surface area contributed by atoms with Gasteiger partial charge < -0.3 is 10.3 Å². The van der Waals surface area contributed by atoms with E-state index in [-0.39, 0.29) is 0 Å². The van der Waals surface area contributed by atoms with E-state index in [9.17, 15) is 0 Å². The van der Waals surface area contributed by atoms with Gasteiger partial charge >= 0.3 is 0 Å². The van der Waals surface area contributed by atoms with Gasteiger partial charge in [0.1, 0.15) is 5.69 Å². The Morgan fingerprint density at radius 2 is 1.95 bits per heavy atom. The van der Waals surface area contributed by atoms with Gasteiger partial charge in [0, 0.05) is 20.8 Å². The van der Waals surface area contributed by atoms with E-state index in [0.29, 0.717) is 23.1 Å². The van der Waals surface area contributed by atoms with E-state index < -0.39 is 0 Å². The number of halogens is 2. The average Bonchev–Trinajstić information content (AvgIpc) is 2.91. The summed E-state index contributed by atoms with van der Waals surface area (Å²) in [5.74, 6) is 0.804. The highest BCUT2D eigenvalue weighted by atomic mass is 79.9. The molecule has 0 bridgehead atoms. The standard InChI is InChI=1S/C13H8Br2N4O/c14-9-4-3-7(16)6-8(9)13-18-12(19-20-13)11-10(15)2-1-5-17-11/h1-6H,16H2. The van der Waals surface area contributed by atoms with Crippen LogP contribution in [0.15, 0.2) is 50.0 Å². The molecule has 2 aromatic heterocycles. The van der Waals surface area contributed by atoms with Crippen LogP contribution >= 0.6 is 31.9 Å². The van der Waals surface area contributed by atoms with Gasteiger partial charge in [-0.05, 0) is 62.2 Å². The van der Waals surface area contributed by atoms with Crippen LogP contribution in [0.25, 0.3) is 23.0 Å². The van der Waals surface area contributed by atoms with Gasteiger partial charge in [-0.3, -0.25) is 4.98 Å². The molecule has 3 rings (SSSR count). The van der Waals surface area contributed by atoms with Gasteiger partial charge in [0.2, 0.25) is 5.82 Å². The number of nitrogens with two attached hydrogens (primary N) is 1. The molecule has 0 amide bonds. The molecule has 0 aliphatic carbocycles. The molecule has 2 heterocycles. The van der Waals surface area contributed by atoms with Gasteiger partial charge in [-0.2, -0.15) is 4.98 Å². The maximum absolute atomic E-state index is 5.78. The summed E-state index contributed by atoms with van der Waals surface area (Å²) in [5, 5.41) is 3.95. The Morgan fingerprint density at radius 3 is 2.75 bits per heavy atom. The molecule has 1 aromatic carbocycles. The van der Waals surface area contributed by atoms with Gasteiger partial charge in [-0.15, -0.1) is 0 Å². The zero-order valence-electron chi connectivity index (χ0n) is 10.0. The normalized spacial score (nSPS) is 10.7. The predicted octanol–water partition coefficient (Wildman–Crippen LogP) is 3.91. The lowest BCUT2D eigenvalue weighted by Gasteiger charge is -2.00. The Balaban J connectivity index is 2.07. The molecule has 0 saturated heterocycles. The molecule has 3 aromatic rings. The minimum atomic E-state index is 0.386. The Kier molecular flexibility index (Phi) is 3.54. The summed E-state index contributed by atoms with van der Waals surface area (Å²) in [6.45, 7) is 0. The lowest BCUT2D eigenvalue weighted by atomic mass is 10.2. The SMILES string of the molecule is Nc1ccc(Br)c(-c2nc(-c3ncccc3Br)no2)c1. The molecule has 0 aliphatic heterocycles. The topological polar surface area (TPSA) is 77.8 Å². The van der Waals surface area contributed by atoms with Crippen molar-refractivity contribution in [1.82, 2.24) is 15.1 Å². The van der Waals surface area contributed by atoms with E-state index in [4.69, 9.17) is 10.3 Å². The maximum Gasteiger partial charge on any atom is 0.259 e. The van der Waals surface area contributed by atoms with E-state index in [1.165, 1.54) is 0 Å². The number of rotatable bonds is 2. The molecule has 20 heavy (non-hydrogen) atoms. The van der Waals surface area contributed by atoms with Gasteiger partial charge in [-0.25, -0.2) is 0 Å². The Hall–Kier alpha value is -1.73. The van der Waals surface area contributed by atoms with Gasteiger partial charge in [0.15, 0.2) is 0 Å². The van der Waals surface area contributed by atoms with Gasteiger partial charge in [0.25, 0.3) is 5.89 Å². The highest BCUT2D eigenvalue weighted by molar-refractivity contribution is 9.11. The van der Waals surface area contributed by atoms with Crippen molar-refractivity contribution in [1.29, 1.82) is 0 Å². The first kappa shape index (κ1) is 13.3. The zero-order valence-corrected chi connectivity index (χ0v) is 13.2. The number of aromatic nitrogens is 3. The summed E-state index contributed by atoms with van der Waals surface area (Å²) >= 11 is 6.85. The Labute approximate surface area is 131 Å². The summed E-state index contributed by atoms with van der Waals surface area (Å²) in [6.07, 6.45) is 1.67. The molecule has 0 aliphatic rings. The minimum absolute atomic E-state index is 0.386. The number of anilines is 1. The smallest absolute Gasteiger partial charge is 0.259 e. The number of nitrogen functional groups attached to an aromatic ring is 1. The lowest BCUT2D eigenvalue weighted by Crippen LogP contribution is -1.88. The van der Waals surface area contributed by atoms with Crippen LogP contribution in [0.1, 0.15) is 0 Å². The second kappa shape index (κ2) is 5.34. The Bertz CT molecular complexity index is 773. The quantitative estimate of drug-likeness (QED) is 0.665. The van der Waals surface area contributed by atoms with Crippen LogP contribution in [-0.2, 0) is 0 Å². The van der Waals surface area contributed by atoms with Crippen molar-refractivity contribution in [3.05, 3.63) is 45.5 Å². The summed E-state index contributed by atoms with van der Waals surface area (Å²) < 4.78 is 6.93. The number of pyridine rings is 1. The minimum Gasteiger partial charge on any atom is -0.399 e. The van der Waals surface area contributed by atoms with E-state index in [1.54, 1.807) is 18.3 Å². The van der Waals surface area contributed by atoms with Crippen molar-refractivity contribution in [3.8, 4) is 23.0 Å². The molecule has 0 unspecified atom stereocenters. The van der Waals surface area contributed by atoms with Gasteiger partial charge in [-0.1, -0.05) is 5.16 Å². The van der Waals surface area contributed by atoms with E-state index in [1.807, 2.05) is 18.2 Å². The maximum atomic E-state index is 5.78. The second-order valence-electron chi connectivity index (χ2n) is 4.00.